The molecule has 0 heterocycles. The summed E-state index contributed by atoms with van der Waals surface area (Å²) < 4.78 is 13.4. The van der Waals surface area contributed by atoms with Gasteiger partial charge < -0.3 is 5.32 Å². The lowest BCUT2D eigenvalue weighted by Gasteiger charge is -2.21. The molecule has 6 heteroatoms. The van der Waals surface area contributed by atoms with Crippen LogP contribution in [0.2, 0.25) is 5.02 Å². The molecule has 0 amide bonds. The van der Waals surface area contributed by atoms with Gasteiger partial charge in [-0.1, -0.05) is 31.9 Å². The minimum Gasteiger partial charge on any atom is -0.377 e. The average molecular weight is 275 g/mol. The van der Waals surface area contributed by atoms with Crippen molar-refractivity contribution >= 4 is 23.0 Å². The first kappa shape index (κ1) is 14.7. The maximum absolute atomic E-state index is 13.4. The molecule has 1 N–H and O–H groups in total. The number of benzene rings is 1. The Morgan fingerprint density at radius 3 is 2.61 bits per heavy atom. The topological polar surface area (TPSA) is 55.2 Å². The molecule has 0 aromatic heterocycles. The van der Waals surface area contributed by atoms with E-state index in [1.165, 1.54) is 0 Å². The van der Waals surface area contributed by atoms with E-state index in [4.69, 9.17) is 11.6 Å². The fourth-order valence-electron chi connectivity index (χ4n) is 1.54. The van der Waals surface area contributed by atoms with Crippen molar-refractivity contribution in [3.63, 3.8) is 0 Å². The zero-order valence-corrected chi connectivity index (χ0v) is 11.3. The van der Waals surface area contributed by atoms with Crippen LogP contribution in [0.25, 0.3) is 0 Å². The van der Waals surface area contributed by atoms with E-state index < -0.39 is 10.7 Å². The molecule has 0 saturated heterocycles. The molecule has 18 heavy (non-hydrogen) atoms. The van der Waals surface area contributed by atoms with Gasteiger partial charge in [-0.3, -0.25) is 10.1 Å². The van der Waals surface area contributed by atoms with Crippen LogP contribution < -0.4 is 5.32 Å². The summed E-state index contributed by atoms with van der Waals surface area (Å²) in [4.78, 5) is 10.3. The highest BCUT2D eigenvalue weighted by Crippen LogP contribution is 2.31. The van der Waals surface area contributed by atoms with E-state index in [0.717, 1.165) is 18.6 Å². The Kier molecular flexibility index (Phi) is 4.90. The Hall–Kier alpha value is -1.36. The number of nitro groups is 1. The van der Waals surface area contributed by atoms with Gasteiger partial charge in [-0.2, -0.15) is 0 Å². The molecule has 100 valence electrons. The molecule has 0 aliphatic rings. The number of rotatable bonds is 5. The second-order valence-corrected chi connectivity index (χ2v) is 4.77. The monoisotopic (exact) mass is 274 g/mol. The molecular formula is C12H16ClFN2O2. The molecule has 0 radical (unpaired) electrons. The van der Waals surface area contributed by atoms with Gasteiger partial charge in [0.15, 0.2) is 0 Å². The quantitative estimate of drug-likeness (QED) is 0.645. The summed E-state index contributed by atoms with van der Waals surface area (Å²) in [7, 11) is 0. The summed E-state index contributed by atoms with van der Waals surface area (Å²) in [6.45, 7) is 5.96. The molecule has 0 aliphatic heterocycles. The van der Waals surface area contributed by atoms with Gasteiger partial charge in [-0.05, 0) is 12.8 Å². The normalized spacial score (nSPS) is 14.1. The third-order valence-corrected chi connectivity index (χ3v) is 3.41. The average Bonchev–Trinajstić information content (AvgIpc) is 2.31. The third kappa shape index (κ3) is 3.32. The van der Waals surface area contributed by atoms with Gasteiger partial charge in [-0.15, -0.1) is 0 Å². The number of anilines is 1. The lowest BCUT2D eigenvalue weighted by atomic mass is 10.0. The summed E-state index contributed by atoms with van der Waals surface area (Å²) in [6.07, 6.45) is 0.929. The molecule has 1 aromatic rings. The van der Waals surface area contributed by atoms with Gasteiger partial charge in [0.1, 0.15) is 11.5 Å². The summed E-state index contributed by atoms with van der Waals surface area (Å²) in [6, 6.07) is 2.11. The van der Waals surface area contributed by atoms with Crippen molar-refractivity contribution in [2.45, 2.75) is 33.2 Å². The molecule has 0 fully saturated rings. The zero-order valence-electron chi connectivity index (χ0n) is 10.5. The minimum absolute atomic E-state index is 0.00859. The number of halogens is 2. The van der Waals surface area contributed by atoms with Gasteiger partial charge in [-0.25, -0.2) is 4.39 Å². The van der Waals surface area contributed by atoms with Crippen molar-refractivity contribution in [3.05, 3.63) is 33.1 Å². The van der Waals surface area contributed by atoms with E-state index in [2.05, 4.69) is 5.32 Å². The largest absolute Gasteiger partial charge is 0.377 e. The summed E-state index contributed by atoms with van der Waals surface area (Å²) in [5, 5.41) is 13.6. The SMILES string of the molecule is CCC(C)C(C)Nc1cc(F)c(Cl)cc1[N+](=O)[O-]. The lowest BCUT2D eigenvalue weighted by molar-refractivity contribution is -0.384. The van der Waals surface area contributed by atoms with Gasteiger partial charge in [0, 0.05) is 18.2 Å². The van der Waals surface area contributed by atoms with Gasteiger partial charge >= 0.3 is 0 Å². The number of nitro benzene ring substituents is 1. The summed E-state index contributed by atoms with van der Waals surface area (Å²) >= 11 is 5.55. The van der Waals surface area contributed by atoms with Crippen LogP contribution in [0.1, 0.15) is 27.2 Å². The fraction of sp³-hybridized carbons (Fsp3) is 0.500. The number of hydrogen-bond acceptors (Lipinski definition) is 3. The number of nitrogens with zero attached hydrogens (tertiary/aromatic N) is 1. The predicted molar refractivity (Wildman–Crippen MR) is 70.6 cm³/mol. The van der Waals surface area contributed by atoms with Crippen molar-refractivity contribution < 1.29 is 9.31 Å². The van der Waals surface area contributed by atoms with Crippen LogP contribution in [0.4, 0.5) is 15.8 Å². The van der Waals surface area contributed by atoms with Crippen molar-refractivity contribution in [2.24, 2.45) is 5.92 Å². The van der Waals surface area contributed by atoms with Crippen LogP contribution >= 0.6 is 11.6 Å². The first-order chi connectivity index (χ1) is 8.36. The molecule has 2 unspecified atom stereocenters. The Labute approximate surface area is 110 Å². The van der Waals surface area contributed by atoms with Crippen molar-refractivity contribution in [1.29, 1.82) is 0 Å². The molecule has 0 bridgehead atoms. The Balaban J connectivity index is 3.07. The lowest BCUT2D eigenvalue weighted by Crippen LogP contribution is -2.23. The van der Waals surface area contributed by atoms with Crippen molar-refractivity contribution in [2.75, 3.05) is 5.32 Å². The molecule has 1 rings (SSSR count). The van der Waals surface area contributed by atoms with E-state index in [1.807, 2.05) is 20.8 Å². The molecule has 1 aromatic carbocycles. The first-order valence-electron chi connectivity index (χ1n) is 5.76. The Morgan fingerprint density at radius 1 is 1.50 bits per heavy atom. The van der Waals surface area contributed by atoms with Crippen LogP contribution in [0, 0.1) is 21.8 Å². The van der Waals surface area contributed by atoms with E-state index in [9.17, 15) is 14.5 Å². The number of hydrogen-bond donors (Lipinski definition) is 1. The van der Waals surface area contributed by atoms with Crippen LogP contribution in [0.3, 0.4) is 0 Å². The third-order valence-electron chi connectivity index (χ3n) is 3.12. The smallest absolute Gasteiger partial charge is 0.294 e. The Bertz CT molecular complexity index is 454. The molecule has 2 atom stereocenters. The van der Waals surface area contributed by atoms with Crippen molar-refractivity contribution in [3.8, 4) is 0 Å². The molecular weight excluding hydrogens is 259 g/mol. The second kappa shape index (κ2) is 6.00. The van der Waals surface area contributed by atoms with Gasteiger partial charge in [0.25, 0.3) is 5.69 Å². The van der Waals surface area contributed by atoms with E-state index >= 15 is 0 Å². The van der Waals surface area contributed by atoms with Crippen LogP contribution in [-0.2, 0) is 0 Å². The number of nitrogens with one attached hydrogen (secondary N) is 1. The van der Waals surface area contributed by atoms with Crippen LogP contribution in [0.15, 0.2) is 12.1 Å². The molecule has 4 nitrogen and oxygen atoms in total. The van der Waals surface area contributed by atoms with Crippen molar-refractivity contribution in [1.82, 2.24) is 0 Å². The van der Waals surface area contributed by atoms with Gasteiger partial charge in [0.05, 0.1) is 9.95 Å². The molecule has 0 spiro atoms. The molecule has 0 saturated carbocycles. The maximum Gasteiger partial charge on any atom is 0.294 e. The first-order valence-corrected chi connectivity index (χ1v) is 6.14. The van der Waals surface area contributed by atoms with E-state index in [0.29, 0.717) is 5.92 Å². The van der Waals surface area contributed by atoms with E-state index in [1.54, 1.807) is 0 Å². The highest BCUT2D eigenvalue weighted by Gasteiger charge is 2.20. The second-order valence-electron chi connectivity index (χ2n) is 4.36. The fourth-order valence-corrected chi connectivity index (χ4v) is 1.70. The van der Waals surface area contributed by atoms with Crippen LogP contribution in [-0.4, -0.2) is 11.0 Å². The Morgan fingerprint density at radius 2 is 2.11 bits per heavy atom. The summed E-state index contributed by atoms with van der Waals surface area (Å²) in [5.41, 5.74) is -0.0498. The molecule has 0 aliphatic carbocycles. The maximum atomic E-state index is 13.4. The highest BCUT2D eigenvalue weighted by atomic mass is 35.5. The minimum atomic E-state index is -0.666. The predicted octanol–water partition coefficient (Wildman–Crippen LogP) is 4.23. The van der Waals surface area contributed by atoms with Gasteiger partial charge in [0.2, 0.25) is 0 Å². The zero-order chi connectivity index (χ0) is 13.9. The highest BCUT2D eigenvalue weighted by molar-refractivity contribution is 6.31. The van der Waals surface area contributed by atoms with Crippen LogP contribution in [0.5, 0.6) is 0 Å². The standard InChI is InChI=1S/C12H16ClFN2O2/c1-4-7(2)8(3)15-11-6-10(14)9(13)5-12(11)16(17)18/h5-8,15H,4H2,1-3H3. The summed E-state index contributed by atoms with van der Waals surface area (Å²) in [5.74, 6) is -0.343. The van der Waals surface area contributed by atoms with E-state index in [-0.39, 0.29) is 22.4 Å².